The molecule has 0 saturated heterocycles. The molecule has 0 aliphatic heterocycles. The van der Waals surface area contributed by atoms with Crippen molar-refractivity contribution in [3.8, 4) is 17.2 Å². The fourth-order valence-corrected chi connectivity index (χ4v) is 3.44. The van der Waals surface area contributed by atoms with Crippen LogP contribution in [0.4, 0.5) is 11.5 Å². The van der Waals surface area contributed by atoms with Crippen molar-refractivity contribution in [2.24, 2.45) is 12.8 Å². The van der Waals surface area contributed by atoms with E-state index in [-0.39, 0.29) is 1.43 Å². The summed E-state index contributed by atoms with van der Waals surface area (Å²) in [5.74, 6) is 2.39. The van der Waals surface area contributed by atoms with Crippen molar-refractivity contribution >= 4 is 28.0 Å². The number of hydrogen-bond donors (Lipinski definition) is 2. The molecule has 3 aromatic rings. The van der Waals surface area contributed by atoms with Crippen LogP contribution in [0.3, 0.4) is 0 Å². The molecule has 0 saturated carbocycles. The summed E-state index contributed by atoms with van der Waals surface area (Å²) in [7, 11) is 10.8. The molecule has 1 aromatic carbocycles. The van der Waals surface area contributed by atoms with E-state index in [1.165, 1.54) is 0 Å². The summed E-state index contributed by atoms with van der Waals surface area (Å²) in [5, 5.41) is 4.36. The number of pyridine rings is 1. The van der Waals surface area contributed by atoms with E-state index in [4.69, 9.17) is 19.9 Å². The van der Waals surface area contributed by atoms with E-state index < -0.39 is 0 Å². The molecule has 0 fully saturated rings. The molecule has 8 heteroatoms. The van der Waals surface area contributed by atoms with Crippen LogP contribution in [0.5, 0.6) is 17.2 Å². The van der Waals surface area contributed by atoms with Gasteiger partial charge in [0, 0.05) is 82.1 Å². The van der Waals surface area contributed by atoms with E-state index in [2.05, 4.69) is 20.9 Å². The highest BCUT2D eigenvalue weighted by molar-refractivity contribution is 5.87. The first-order chi connectivity index (χ1) is 15.4. The predicted octanol–water partition coefficient (Wildman–Crippen LogP) is 4.48. The van der Waals surface area contributed by atoms with Crippen LogP contribution in [-0.2, 0) is 7.05 Å². The van der Waals surface area contributed by atoms with E-state index in [0.717, 1.165) is 27.9 Å². The largest absolute Gasteiger partial charge is 0.493 e. The third kappa shape index (κ3) is 5.26. The van der Waals surface area contributed by atoms with Crippen molar-refractivity contribution in [1.82, 2.24) is 14.5 Å². The van der Waals surface area contributed by atoms with Gasteiger partial charge in [0.2, 0.25) is 5.75 Å². The smallest absolute Gasteiger partial charge is 0.203 e. The molecule has 0 spiro atoms. The topological polar surface area (TPSA) is 86.8 Å². The van der Waals surface area contributed by atoms with Crippen LogP contribution in [0, 0.1) is 0 Å². The number of anilines is 2. The number of aromatic nitrogens is 2. The monoisotopic (exact) mass is 443 g/mol. The fraction of sp³-hybridized carbons (Fsp3) is 0.375. The number of nitrogens with zero attached hydrogens (tertiary/aromatic N) is 3. The van der Waals surface area contributed by atoms with Crippen molar-refractivity contribution < 1.29 is 15.6 Å². The van der Waals surface area contributed by atoms with E-state index in [9.17, 15) is 0 Å². The highest BCUT2D eigenvalue weighted by atomic mass is 16.5. The standard InChI is InChI=1S/C22H29N5O3.C2H6.H2/c1-26(2)13-15(11-23)17-7-14-12-24-21(10-18(14)27(17)3)25-16-8-19(28-4)22(30-6)20(9-16)29-5;1-2;/h7-10,12-13H,11,23H2,1-6H3,(H,24,25);1-2H3;1H/b15-13+;;. The SMILES string of the molecule is CC.COc1cc(Nc2cc3c(cn2)cc(/C(=C/N(C)C)CN)n3C)cc(OC)c1OC.[HH]. The molecule has 0 unspecified atom stereocenters. The average Bonchev–Trinajstić information content (AvgIpc) is 3.13. The van der Waals surface area contributed by atoms with Gasteiger partial charge in [-0.25, -0.2) is 4.98 Å². The molecule has 3 N–H and O–H groups in total. The van der Waals surface area contributed by atoms with Gasteiger partial charge in [-0.1, -0.05) is 13.8 Å². The number of nitrogens with two attached hydrogens (primary N) is 1. The number of hydrogen-bond acceptors (Lipinski definition) is 7. The summed E-state index contributed by atoms with van der Waals surface area (Å²) >= 11 is 0. The number of fused-ring (bicyclic) bond motifs is 1. The van der Waals surface area contributed by atoms with Crippen LogP contribution in [0.15, 0.2) is 36.7 Å². The Kier molecular flexibility index (Phi) is 8.78. The summed E-state index contributed by atoms with van der Waals surface area (Å²) in [4.78, 5) is 6.55. The molecule has 0 radical (unpaired) electrons. The lowest BCUT2D eigenvalue weighted by Gasteiger charge is -2.15. The number of nitrogens with one attached hydrogen (secondary N) is 1. The van der Waals surface area contributed by atoms with Gasteiger partial charge in [-0.05, 0) is 6.07 Å². The van der Waals surface area contributed by atoms with Gasteiger partial charge >= 0.3 is 0 Å². The Balaban J connectivity index is 0.00000177. The van der Waals surface area contributed by atoms with Crippen LogP contribution in [-0.4, -0.2) is 56.4 Å². The molecule has 0 atom stereocenters. The maximum absolute atomic E-state index is 5.98. The number of aryl methyl sites for hydroxylation is 1. The van der Waals surface area contributed by atoms with Crippen molar-refractivity contribution in [3.63, 3.8) is 0 Å². The minimum Gasteiger partial charge on any atom is -0.493 e. The Morgan fingerprint density at radius 2 is 1.72 bits per heavy atom. The molecule has 0 aliphatic carbocycles. The Morgan fingerprint density at radius 1 is 1.09 bits per heavy atom. The third-order valence-corrected chi connectivity index (χ3v) is 4.83. The highest BCUT2D eigenvalue weighted by Crippen LogP contribution is 2.40. The number of methoxy groups -OCH3 is 3. The zero-order valence-corrected chi connectivity index (χ0v) is 20.3. The Labute approximate surface area is 192 Å². The van der Waals surface area contributed by atoms with Crippen molar-refractivity contribution in [1.29, 1.82) is 0 Å². The quantitative estimate of drug-likeness (QED) is 0.531. The summed E-state index contributed by atoms with van der Waals surface area (Å²) in [6.07, 6.45) is 3.89. The van der Waals surface area contributed by atoms with E-state index in [1.807, 2.05) is 70.5 Å². The van der Waals surface area contributed by atoms with E-state index >= 15 is 0 Å². The van der Waals surface area contributed by atoms with Crippen molar-refractivity contribution in [2.75, 3.05) is 47.3 Å². The molecule has 32 heavy (non-hydrogen) atoms. The molecule has 0 amide bonds. The average molecular weight is 444 g/mol. The Hall–Kier alpha value is -3.39. The van der Waals surface area contributed by atoms with Crippen LogP contribution >= 0.6 is 0 Å². The number of rotatable bonds is 8. The van der Waals surface area contributed by atoms with Crippen LogP contribution < -0.4 is 25.3 Å². The molecule has 3 rings (SSSR count). The van der Waals surface area contributed by atoms with E-state index in [1.54, 1.807) is 21.3 Å². The lowest BCUT2D eigenvalue weighted by molar-refractivity contribution is 0.324. The van der Waals surface area contributed by atoms with Gasteiger partial charge in [0.25, 0.3) is 0 Å². The fourth-order valence-electron chi connectivity index (χ4n) is 3.44. The summed E-state index contributed by atoms with van der Waals surface area (Å²) < 4.78 is 18.4. The van der Waals surface area contributed by atoms with Gasteiger partial charge in [0.1, 0.15) is 5.82 Å². The molecule has 0 bridgehead atoms. The predicted molar refractivity (Wildman–Crippen MR) is 134 cm³/mol. The maximum Gasteiger partial charge on any atom is 0.203 e. The first-order valence-electron chi connectivity index (χ1n) is 10.5. The second-order valence-electron chi connectivity index (χ2n) is 7.08. The van der Waals surface area contributed by atoms with Gasteiger partial charge in [-0.15, -0.1) is 0 Å². The Bertz CT molecular complexity index is 1050. The number of benzene rings is 1. The first kappa shape index (κ1) is 24.9. The minimum atomic E-state index is 0. The third-order valence-electron chi connectivity index (χ3n) is 4.83. The second-order valence-corrected chi connectivity index (χ2v) is 7.08. The molecule has 176 valence electrons. The highest BCUT2D eigenvalue weighted by Gasteiger charge is 2.15. The molecule has 2 heterocycles. The van der Waals surface area contributed by atoms with Gasteiger partial charge < -0.3 is 34.7 Å². The zero-order valence-electron chi connectivity index (χ0n) is 20.3. The lowest BCUT2D eigenvalue weighted by Crippen LogP contribution is -2.11. The molecular weight excluding hydrogens is 406 g/mol. The maximum atomic E-state index is 5.98. The molecule has 0 aliphatic rings. The second kappa shape index (κ2) is 11.3. The van der Waals surface area contributed by atoms with Crippen molar-refractivity contribution in [2.45, 2.75) is 13.8 Å². The van der Waals surface area contributed by atoms with Crippen LogP contribution in [0.1, 0.15) is 21.0 Å². The summed E-state index contributed by atoms with van der Waals surface area (Å²) in [5.41, 5.74) is 9.93. The van der Waals surface area contributed by atoms with Crippen LogP contribution in [0.25, 0.3) is 16.5 Å². The van der Waals surface area contributed by atoms with Gasteiger partial charge in [-0.2, -0.15) is 0 Å². The summed E-state index contributed by atoms with van der Waals surface area (Å²) in [6.45, 7) is 4.45. The summed E-state index contributed by atoms with van der Waals surface area (Å²) in [6, 6.07) is 7.80. The van der Waals surface area contributed by atoms with Crippen LogP contribution in [0.2, 0.25) is 0 Å². The van der Waals surface area contributed by atoms with Gasteiger partial charge in [0.05, 0.1) is 26.8 Å². The van der Waals surface area contributed by atoms with Crippen molar-refractivity contribution in [3.05, 3.63) is 42.4 Å². The van der Waals surface area contributed by atoms with Gasteiger partial charge in [0.15, 0.2) is 11.5 Å². The zero-order chi connectivity index (χ0) is 23.8. The molecule has 8 nitrogen and oxygen atoms in total. The van der Waals surface area contributed by atoms with Gasteiger partial charge in [-0.3, -0.25) is 0 Å². The Morgan fingerprint density at radius 3 is 2.22 bits per heavy atom. The normalized spacial score (nSPS) is 11.0. The molecular formula is C24H37N5O3. The first-order valence-corrected chi connectivity index (χ1v) is 10.5. The minimum absolute atomic E-state index is 0. The lowest BCUT2D eigenvalue weighted by atomic mass is 10.2. The molecule has 2 aromatic heterocycles. The number of ether oxygens (including phenoxy) is 3. The van der Waals surface area contributed by atoms with E-state index in [0.29, 0.717) is 29.6 Å².